The minimum atomic E-state index is -4.37. The van der Waals surface area contributed by atoms with Crippen molar-refractivity contribution in [3.8, 4) is 0 Å². The largest absolute Gasteiger partial charge is 0.416 e. The van der Waals surface area contributed by atoms with Crippen LogP contribution >= 0.6 is 0 Å². The van der Waals surface area contributed by atoms with E-state index in [1.807, 2.05) is 30.3 Å². The van der Waals surface area contributed by atoms with Crippen molar-refractivity contribution < 1.29 is 22.6 Å². The first-order valence-electron chi connectivity index (χ1n) is 8.18. The normalized spacial score (nSPS) is 22.6. The van der Waals surface area contributed by atoms with Gasteiger partial charge >= 0.3 is 6.18 Å². The van der Waals surface area contributed by atoms with Crippen LogP contribution in [-0.4, -0.2) is 19.4 Å². The van der Waals surface area contributed by atoms with Crippen molar-refractivity contribution in [2.24, 2.45) is 0 Å². The second kappa shape index (κ2) is 7.56. The fraction of sp³-hybridized carbons (Fsp3) is 0.368. The molecule has 3 rings (SSSR count). The van der Waals surface area contributed by atoms with Crippen LogP contribution in [0, 0.1) is 0 Å². The molecule has 0 aromatic heterocycles. The van der Waals surface area contributed by atoms with E-state index in [4.69, 9.17) is 9.47 Å². The molecule has 0 radical (unpaired) electrons. The third kappa shape index (κ3) is 4.39. The van der Waals surface area contributed by atoms with Crippen LogP contribution in [0.25, 0.3) is 0 Å². The van der Waals surface area contributed by atoms with Crippen LogP contribution in [0.2, 0.25) is 0 Å². The molecule has 25 heavy (non-hydrogen) atoms. The molecule has 1 heterocycles. The second-order valence-corrected chi connectivity index (χ2v) is 5.98. The molecule has 1 N–H and O–H groups in total. The standard InChI is InChI=1S/C19H20F3NO2/c1-13(15-8-5-9-16(12-15)19(20,21)22)25-18-17(23-10-11-24-18)14-6-3-2-4-7-14/h2-9,12-13,17-18,23H,10-11H2,1H3/t13-,17+,18-/m1/s1. The maximum atomic E-state index is 12.9. The van der Waals surface area contributed by atoms with Gasteiger partial charge in [0.1, 0.15) is 0 Å². The van der Waals surface area contributed by atoms with Crippen LogP contribution in [0.15, 0.2) is 54.6 Å². The summed E-state index contributed by atoms with van der Waals surface area (Å²) in [5, 5.41) is 3.35. The maximum Gasteiger partial charge on any atom is 0.416 e. The fourth-order valence-corrected chi connectivity index (χ4v) is 2.88. The zero-order chi connectivity index (χ0) is 17.9. The molecule has 0 amide bonds. The summed E-state index contributed by atoms with van der Waals surface area (Å²) in [7, 11) is 0. The summed E-state index contributed by atoms with van der Waals surface area (Å²) in [4.78, 5) is 0. The van der Waals surface area contributed by atoms with Gasteiger partial charge in [-0.3, -0.25) is 0 Å². The Morgan fingerprint density at radius 3 is 2.60 bits per heavy atom. The van der Waals surface area contributed by atoms with Crippen molar-refractivity contribution in [2.75, 3.05) is 13.2 Å². The molecule has 2 aromatic carbocycles. The number of hydrogen-bond donors (Lipinski definition) is 1. The monoisotopic (exact) mass is 351 g/mol. The average molecular weight is 351 g/mol. The number of alkyl halides is 3. The van der Waals surface area contributed by atoms with Gasteiger partial charge in [-0.1, -0.05) is 42.5 Å². The van der Waals surface area contributed by atoms with Gasteiger partial charge in [0.05, 0.1) is 24.3 Å². The lowest BCUT2D eigenvalue weighted by atomic mass is 10.0. The SMILES string of the molecule is C[C@@H](O[C@H]1OCCN[C@H]1c1ccccc1)c1cccc(C(F)(F)F)c1. The van der Waals surface area contributed by atoms with E-state index >= 15 is 0 Å². The van der Waals surface area contributed by atoms with Crippen molar-refractivity contribution in [1.29, 1.82) is 0 Å². The zero-order valence-corrected chi connectivity index (χ0v) is 13.8. The van der Waals surface area contributed by atoms with Crippen LogP contribution in [0.5, 0.6) is 0 Å². The minimum Gasteiger partial charge on any atom is -0.349 e. The van der Waals surface area contributed by atoms with Gasteiger partial charge in [-0.05, 0) is 30.2 Å². The third-order valence-electron chi connectivity index (χ3n) is 4.20. The lowest BCUT2D eigenvalue weighted by Gasteiger charge is -2.34. The number of hydrogen-bond acceptors (Lipinski definition) is 3. The van der Waals surface area contributed by atoms with Crippen molar-refractivity contribution in [2.45, 2.75) is 31.5 Å². The Bertz CT molecular complexity index is 691. The van der Waals surface area contributed by atoms with Crippen molar-refractivity contribution in [3.05, 3.63) is 71.3 Å². The minimum absolute atomic E-state index is 0.164. The van der Waals surface area contributed by atoms with E-state index < -0.39 is 24.1 Å². The highest BCUT2D eigenvalue weighted by molar-refractivity contribution is 5.27. The predicted octanol–water partition coefficient (Wildman–Crippen LogP) is 4.47. The molecule has 0 spiro atoms. The van der Waals surface area contributed by atoms with Crippen LogP contribution in [0.3, 0.4) is 0 Å². The Morgan fingerprint density at radius 1 is 1.12 bits per heavy atom. The zero-order valence-electron chi connectivity index (χ0n) is 13.8. The van der Waals surface area contributed by atoms with Crippen molar-refractivity contribution in [1.82, 2.24) is 5.32 Å². The van der Waals surface area contributed by atoms with E-state index in [1.165, 1.54) is 6.07 Å². The molecule has 6 heteroatoms. The summed E-state index contributed by atoms with van der Waals surface area (Å²) in [6, 6.07) is 14.8. The Hall–Kier alpha value is -1.89. The number of ether oxygens (including phenoxy) is 2. The molecule has 1 saturated heterocycles. The first-order chi connectivity index (χ1) is 11.9. The Balaban J connectivity index is 1.76. The van der Waals surface area contributed by atoms with Gasteiger partial charge in [0.25, 0.3) is 0 Å². The summed E-state index contributed by atoms with van der Waals surface area (Å²) < 4.78 is 50.4. The van der Waals surface area contributed by atoms with Crippen molar-refractivity contribution >= 4 is 0 Å². The van der Waals surface area contributed by atoms with Crippen LogP contribution in [0.4, 0.5) is 13.2 Å². The average Bonchev–Trinajstić information content (AvgIpc) is 2.62. The number of morpholine rings is 1. The molecular formula is C19H20F3NO2. The highest BCUT2D eigenvalue weighted by Gasteiger charge is 2.32. The topological polar surface area (TPSA) is 30.5 Å². The van der Waals surface area contributed by atoms with E-state index in [1.54, 1.807) is 13.0 Å². The van der Waals surface area contributed by atoms with E-state index in [0.29, 0.717) is 18.7 Å². The van der Waals surface area contributed by atoms with Crippen LogP contribution in [-0.2, 0) is 15.7 Å². The molecule has 3 nitrogen and oxygen atoms in total. The van der Waals surface area contributed by atoms with Gasteiger partial charge in [0.15, 0.2) is 6.29 Å². The van der Waals surface area contributed by atoms with E-state index in [2.05, 4.69) is 5.32 Å². The van der Waals surface area contributed by atoms with Gasteiger partial charge in [0.2, 0.25) is 0 Å². The summed E-state index contributed by atoms with van der Waals surface area (Å²) >= 11 is 0. The van der Waals surface area contributed by atoms with E-state index in [-0.39, 0.29) is 6.04 Å². The molecule has 2 aromatic rings. The molecule has 0 aliphatic carbocycles. The first-order valence-corrected chi connectivity index (χ1v) is 8.18. The summed E-state index contributed by atoms with van der Waals surface area (Å²) in [6.45, 7) is 2.91. The molecule has 1 aliphatic rings. The highest BCUT2D eigenvalue weighted by atomic mass is 19.4. The number of nitrogens with one attached hydrogen (secondary N) is 1. The lowest BCUT2D eigenvalue weighted by Crippen LogP contribution is -2.43. The second-order valence-electron chi connectivity index (χ2n) is 5.98. The van der Waals surface area contributed by atoms with Gasteiger partial charge < -0.3 is 14.8 Å². The molecular weight excluding hydrogens is 331 g/mol. The first kappa shape index (κ1) is 17.9. The number of halogens is 3. The summed E-state index contributed by atoms with van der Waals surface area (Å²) in [5.74, 6) is 0. The Labute approximate surface area is 144 Å². The molecule has 0 saturated carbocycles. The van der Waals surface area contributed by atoms with E-state index in [9.17, 15) is 13.2 Å². The number of benzene rings is 2. The van der Waals surface area contributed by atoms with Crippen molar-refractivity contribution in [3.63, 3.8) is 0 Å². The highest BCUT2D eigenvalue weighted by Crippen LogP contribution is 2.33. The van der Waals surface area contributed by atoms with E-state index in [0.717, 1.165) is 17.7 Å². The molecule has 134 valence electrons. The summed E-state index contributed by atoms with van der Waals surface area (Å²) in [6.07, 6.45) is -5.47. The molecule has 1 aliphatic heterocycles. The quantitative estimate of drug-likeness (QED) is 0.882. The fourth-order valence-electron chi connectivity index (χ4n) is 2.88. The number of rotatable bonds is 4. The third-order valence-corrected chi connectivity index (χ3v) is 4.20. The van der Waals surface area contributed by atoms with Gasteiger partial charge in [0, 0.05) is 6.54 Å². The van der Waals surface area contributed by atoms with Crippen LogP contribution < -0.4 is 5.32 Å². The summed E-state index contributed by atoms with van der Waals surface area (Å²) in [5.41, 5.74) is 0.807. The Kier molecular flexibility index (Phi) is 5.42. The lowest BCUT2D eigenvalue weighted by molar-refractivity contribution is -0.200. The van der Waals surface area contributed by atoms with Gasteiger partial charge in [-0.2, -0.15) is 13.2 Å². The molecule has 3 atom stereocenters. The molecule has 0 bridgehead atoms. The Morgan fingerprint density at radius 2 is 1.88 bits per heavy atom. The predicted molar refractivity (Wildman–Crippen MR) is 87.9 cm³/mol. The smallest absolute Gasteiger partial charge is 0.349 e. The van der Waals surface area contributed by atoms with Gasteiger partial charge in [-0.25, -0.2) is 0 Å². The maximum absolute atomic E-state index is 12.9. The van der Waals surface area contributed by atoms with Gasteiger partial charge in [-0.15, -0.1) is 0 Å². The molecule has 1 fully saturated rings. The molecule has 0 unspecified atom stereocenters. The van der Waals surface area contributed by atoms with Crippen LogP contribution in [0.1, 0.15) is 35.8 Å².